The first-order chi connectivity index (χ1) is 11.5. The summed E-state index contributed by atoms with van der Waals surface area (Å²) in [6.45, 7) is 1.29. The second-order valence-corrected chi connectivity index (χ2v) is 4.96. The van der Waals surface area contributed by atoms with Crippen molar-refractivity contribution in [2.75, 3.05) is 0 Å². The maximum absolute atomic E-state index is 13.7. The Hall–Kier alpha value is -3.37. The minimum Gasteiger partial charge on any atom is -0.271 e. The van der Waals surface area contributed by atoms with Crippen LogP contribution in [0, 0.1) is 12.9 Å². The van der Waals surface area contributed by atoms with Gasteiger partial charge in [0.1, 0.15) is 18.4 Å². The van der Waals surface area contributed by atoms with E-state index in [9.17, 15) is 14.0 Å². The van der Waals surface area contributed by atoms with Gasteiger partial charge in [-0.05, 0) is 13.0 Å². The predicted molar refractivity (Wildman–Crippen MR) is 80.9 cm³/mol. The maximum Gasteiger partial charge on any atom is 0.293 e. The van der Waals surface area contributed by atoms with E-state index in [0.29, 0.717) is 11.2 Å². The van der Waals surface area contributed by atoms with E-state index < -0.39 is 17.4 Å². The molecule has 3 heterocycles. The van der Waals surface area contributed by atoms with Crippen LogP contribution >= 0.6 is 0 Å². The lowest BCUT2D eigenvalue weighted by molar-refractivity contribution is -0.121. The molecule has 0 fully saturated rings. The van der Waals surface area contributed by atoms with Crippen LogP contribution in [-0.4, -0.2) is 41.3 Å². The van der Waals surface area contributed by atoms with Crippen molar-refractivity contribution in [1.29, 1.82) is 0 Å². The number of halogens is 1. The van der Waals surface area contributed by atoms with Gasteiger partial charge in [0.05, 0.1) is 23.7 Å². The number of fused-ring (bicyclic) bond motifs is 1. The van der Waals surface area contributed by atoms with Crippen molar-refractivity contribution >= 4 is 17.6 Å². The van der Waals surface area contributed by atoms with E-state index in [2.05, 4.69) is 25.8 Å². The summed E-state index contributed by atoms with van der Waals surface area (Å²) in [6, 6.07) is 1.52. The number of aryl methyl sites for hydroxylation is 2. The molecule has 10 nitrogen and oxygen atoms in total. The lowest BCUT2D eigenvalue weighted by Gasteiger charge is -2.03. The Morgan fingerprint density at radius 1 is 1.46 bits per heavy atom. The van der Waals surface area contributed by atoms with Crippen LogP contribution < -0.4 is 11.0 Å². The van der Waals surface area contributed by atoms with E-state index in [1.807, 2.05) is 0 Å². The third-order valence-electron chi connectivity index (χ3n) is 3.30. The van der Waals surface area contributed by atoms with Crippen LogP contribution in [-0.2, 0) is 18.4 Å². The zero-order valence-electron chi connectivity index (χ0n) is 12.8. The fourth-order valence-electron chi connectivity index (χ4n) is 2.12. The number of carbonyl (C=O) groups excluding carboxylic acids is 1. The SMILES string of the molecule is Cc1nn(C)c(F)c1C=NNC(=O)Cn1ncn2nccc2c1=O. The summed E-state index contributed by atoms with van der Waals surface area (Å²) in [4.78, 5) is 23.9. The molecule has 0 atom stereocenters. The summed E-state index contributed by atoms with van der Waals surface area (Å²) in [5, 5.41) is 15.3. The highest BCUT2D eigenvalue weighted by Gasteiger charge is 2.11. The summed E-state index contributed by atoms with van der Waals surface area (Å²) in [5.41, 5.74) is 2.68. The van der Waals surface area contributed by atoms with Crippen molar-refractivity contribution in [1.82, 2.24) is 34.6 Å². The molecule has 0 bridgehead atoms. The van der Waals surface area contributed by atoms with Crippen molar-refractivity contribution < 1.29 is 9.18 Å². The Morgan fingerprint density at radius 3 is 2.96 bits per heavy atom. The van der Waals surface area contributed by atoms with Gasteiger partial charge in [0.2, 0.25) is 5.95 Å². The molecule has 3 aromatic heterocycles. The topological polar surface area (TPSA) is 111 Å². The van der Waals surface area contributed by atoms with Gasteiger partial charge in [-0.2, -0.15) is 24.8 Å². The van der Waals surface area contributed by atoms with Gasteiger partial charge < -0.3 is 0 Å². The molecular formula is C13H13FN8O2. The van der Waals surface area contributed by atoms with Crippen molar-refractivity contribution in [2.45, 2.75) is 13.5 Å². The van der Waals surface area contributed by atoms with Crippen molar-refractivity contribution in [2.24, 2.45) is 12.1 Å². The minimum atomic E-state index is -0.577. The number of rotatable bonds is 4. The molecule has 24 heavy (non-hydrogen) atoms. The fourth-order valence-corrected chi connectivity index (χ4v) is 2.12. The number of hydrazone groups is 1. The van der Waals surface area contributed by atoms with E-state index in [-0.39, 0.29) is 12.1 Å². The molecule has 0 saturated heterocycles. The Bertz CT molecular complexity index is 999. The highest BCUT2D eigenvalue weighted by atomic mass is 19.1. The molecule has 0 saturated carbocycles. The van der Waals surface area contributed by atoms with Gasteiger partial charge in [-0.3, -0.25) is 9.59 Å². The van der Waals surface area contributed by atoms with Crippen molar-refractivity contribution in [3.63, 3.8) is 0 Å². The molecule has 124 valence electrons. The van der Waals surface area contributed by atoms with Gasteiger partial charge in [0.15, 0.2) is 0 Å². The highest BCUT2D eigenvalue weighted by Crippen LogP contribution is 2.07. The number of amides is 1. The summed E-state index contributed by atoms with van der Waals surface area (Å²) >= 11 is 0. The minimum absolute atomic E-state index is 0.175. The quantitative estimate of drug-likeness (QED) is 0.498. The van der Waals surface area contributed by atoms with Gasteiger partial charge in [-0.15, -0.1) is 0 Å². The van der Waals surface area contributed by atoms with Crippen LogP contribution in [0.3, 0.4) is 0 Å². The molecule has 0 unspecified atom stereocenters. The Labute approximate surface area is 134 Å². The van der Waals surface area contributed by atoms with Crippen molar-refractivity contribution in [3.8, 4) is 0 Å². The molecule has 1 N–H and O–H groups in total. The lowest BCUT2D eigenvalue weighted by Crippen LogP contribution is -2.32. The van der Waals surface area contributed by atoms with E-state index in [1.165, 1.54) is 30.2 Å². The second-order valence-electron chi connectivity index (χ2n) is 4.96. The molecular weight excluding hydrogens is 319 g/mol. The maximum atomic E-state index is 13.7. The fraction of sp³-hybridized carbons (Fsp3) is 0.231. The summed E-state index contributed by atoms with van der Waals surface area (Å²) < 4.78 is 17.1. The molecule has 11 heteroatoms. The standard InChI is InChI=1S/C13H13FN8O2/c1-8-9(12(14)20(2)19-8)5-15-18-11(23)6-21-13(24)10-3-4-16-22(10)7-17-21/h3-5,7H,6H2,1-2H3,(H,18,23). The summed E-state index contributed by atoms with van der Waals surface area (Å²) in [7, 11) is 1.46. The first-order valence-electron chi connectivity index (χ1n) is 6.88. The molecule has 0 aliphatic rings. The Kier molecular flexibility index (Phi) is 3.90. The molecule has 0 aliphatic heterocycles. The summed E-state index contributed by atoms with van der Waals surface area (Å²) in [6.07, 6.45) is 3.94. The van der Waals surface area contributed by atoms with Crippen LogP contribution in [0.4, 0.5) is 4.39 Å². The van der Waals surface area contributed by atoms with Crippen LogP contribution in [0.5, 0.6) is 0 Å². The molecule has 0 radical (unpaired) electrons. The second kappa shape index (κ2) is 6.02. The molecule has 1 amide bonds. The zero-order chi connectivity index (χ0) is 17.3. The first kappa shape index (κ1) is 15.5. The molecule has 3 aromatic rings. The first-order valence-corrected chi connectivity index (χ1v) is 6.88. The lowest BCUT2D eigenvalue weighted by atomic mass is 10.3. The normalized spacial score (nSPS) is 11.5. The molecule has 3 rings (SSSR count). The van der Waals surface area contributed by atoms with Crippen molar-refractivity contribution in [3.05, 3.63) is 46.1 Å². The Balaban J connectivity index is 1.70. The van der Waals surface area contributed by atoms with Gasteiger partial charge in [0, 0.05) is 7.05 Å². The number of hydrogen-bond donors (Lipinski definition) is 1. The zero-order valence-corrected chi connectivity index (χ0v) is 12.8. The predicted octanol–water partition coefficient (Wildman–Crippen LogP) is -0.778. The number of carbonyl (C=O) groups is 1. The average molecular weight is 332 g/mol. The molecule has 0 aliphatic carbocycles. The highest BCUT2D eigenvalue weighted by molar-refractivity contribution is 5.83. The van der Waals surface area contributed by atoms with Crippen LogP contribution in [0.25, 0.3) is 5.52 Å². The summed E-state index contributed by atoms with van der Waals surface area (Å²) in [5.74, 6) is -1.14. The van der Waals surface area contributed by atoms with Crippen LogP contribution in [0.15, 0.2) is 28.5 Å². The third kappa shape index (κ3) is 2.78. The number of nitrogens with one attached hydrogen (secondary N) is 1. The monoisotopic (exact) mass is 332 g/mol. The van der Waals surface area contributed by atoms with E-state index >= 15 is 0 Å². The van der Waals surface area contributed by atoms with Gasteiger partial charge >= 0.3 is 0 Å². The van der Waals surface area contributed by atoms with Crippen LogP contribution in [0.2, 0.25) is 0 Å². The van der Waals surface area contributed by atoms with Crippen LogP contribution in [0.1, 0.15) is 11.3 Å². The smallest absolute Gasteiger partial charge is 0.271 e. The largest absolute Gasteiger partial charge is 0.293 e. The van der Waals surface area contributed by atoms with E-state index in [0.717, 1.165) is 15.6 Å². The third-order valence-corrected chi connectivity index (χ3v) is 3.30. The molecule has 0 aromatic carbocycles. The number of aromatic nitrogens is 6. The van der Waals surface area contributed by atoms with E-state index in [1.54, 1.807) is 6.92 Å². The van der Waals surface area contributed by atoms with Gasteiger partial charge in [0.25, 0.3) is 11.5 Å². The number of nitrogens with zero attached hydrogens (tertiary/aromatic N) is 7. The van der Waals surface area contributed by atoms with Gasteiger partial charge in [-0.1, -0.05) is 0 Å². The average Bonchev–Trinajstić information content (AvgIpc) is 3.10. The van der Waals surface area contributed by atoms with Gasteiger partial charge in [-0.25, -0.2) is 19.3 Å². The Morgan fingerprint density at radius 2 is 2.25 bits per heavy atom. The number of hydrogen-bond acceptors (Lipinski definition) is 6. The molecule has 0 spiro atoms. The van der Waals surface area contributed by atoms with E-state index in [4.69, 9.17) is 0 Å².